The van der Waals surface area contributed by atoms with E-state index in [1.165, 1.54) is 0 Å². The number of rotatable bonds is 6. The highest BCUT2D eigenvalue weighted by atomic mass is 16.5. The van der Waals surface area contributed by atoms with Gasteiger partial charge < -0.3 is 14.8 Å². The highest BCUT2D eigenvalue weighted by Gasteiger charge is 2.22. The maximum absolute atomic E-state index is 11.8. The first-order valence-corrected chi connectivity index (χ1v) is 7.86. The van der Waals surface area contributed by atoms with Gasteiger partial charge in [-0.15, -0.1) is 0 Å². The first-order chi connectivity index (χ1) is 11.2. The van der Waals surface area contributed by atoms with E-state index in [9.17, 15) is 4.79 Å². The molecule has 0 unspecified atom stereocenters. The number of hydrogen-bond acceptors (Lipinski definition) is 4. The van der Waals surface area contributed by atoms with Crippen LogP contribution in [-0.2, 0) is 9.53 Å². The minimum Gasteiger partial charge on any atom is -0.492 e. The number of aryl methyl sites for hydroxylation is 1. The van der Waals surface area contributed by atoms with Gasteiger partial charge in [0.1, 0.15) is 18.5 Å². The van der Waals surface area contributed by atoms with Gasteiger partial charge in [0.15, 0.2) is 0 Å². The van der Waals surface area contributed by atoms with E-state index in [0.29, 0.717) is 19.8 Å². The van der Waals surface area contributed by atoms with Crippen LogP contribution in [0.15, 0.2) is 30.5 Å². The molecule has 122 valence electrons. The molecular weight excluding hydrogens is 294 g/mol. The number of amides is 1. The Morgan fingerprint density at radius 2 is 2.43 bits per heavy atom. The summed E-state index contributed by atoms with van der Waals surface area (Å²) in [4.78, 5) is 11.8. The highest BCUT2D eigenvalue weighted by molar-refractivity contribution is 5.80. The third-order valence-corrected chi connectivity index (χ3v) is 3.87. The van der Waals surface area contributed by atoms with Crippen LogP contribution in [0.2, 0.25) is 0 Å². The Hall–Kier alpha value is -2.34. The number of nitrogens with zero attached hydrogens (tertiary/aromatic N) is 1. The van der Waals surface area contributed by atoms with E-state index in [4.69, 9.17) is 9.47 Å². The summed E-state index contributed by atoms with van der Waals surface area (Å²) in [5.74, 6) is 0.725. The molecule has 1 amide bonds. The molecule has 2 N–H and O–H groups in total. The molecule has 1 aromatic carbocycles. The predicted octanol–water partition coefficient (Wildman–Crippen LogP) is 2.06. The zero-order valence-electron chi connectivity index (χ0n) is 13.2. The summed E-state index contributed by atoms with van der Waals surface area (Å²) >= 11 is 0. The third kappa shape index (κ3) is 3.90. The minimum atomic E-state index is -0.289. The van der Waals surface area contributed by atoms with Crippen molar-refractivity contribution in [3.05, 3.63) is 36.2 Å². The van der Waals surface area contributed by atoms with Crippen molar-refractivity contribution in [2.75, 3.05) is 19.8 Å². The average Bonchev–Trinajstić information content (AvgIpc) is 3.23. The summed E-state index contributed by atoms with van der Waals surface area (Å²) in [5, 5.41) is 9.81. The topological polar surface area (TPSA) is 76.2 Å². The lowest BCUT2D eigenvalue weighted by Crippen LogP contribution is -2.36. The van der Waals surface area contributed by atoms with E-state index in [0.717, 1.165) is 35.4 Å². The summed E-state index contributed by atoms with van der Waals surface area (Å²) < 4.78 is 11.0. The number of benzene rings is 1. The van der Waals surface area contributed by atoms with Gasteiger partial charge in [-0.3, -0.25) is 9.89 Å². The van der Waals surface area contributed by atoms with E-state index < -0.39 is 0 Å². The second-order valence-electron chi connectivity index (χ2n) is 5.58. The second kappa shape index (κ2) is 7.28. The number of carbonyl (C=O) groups is 1. The van der Waals surface area contributed by atoms with Crippen molar-refractivity contribution in [2.24, 2.45) is 0 Å². The molecule has 2 aromatic rings. The molecule has 0 spiro atoms. The lowest BCUT2D eigenvalue weighted by Gasteiger charge is -2.11. The molecule has 0 saturated carbocycles. The fourth-order valence-electron chi connectivity index (χ4n) is 2.64. The summed E-state index contributed by atoms with van der Waals surface area (Å²) in [6.07, 6.45) is 3.27. The average molecular weight is 315 g/mol. The Balaban J connectivity index is 1.49. The molecule has 6 heteroatoms. The summed E-state index contributed by atoms with van der Waals surface area (Å²) in [6.45, 7) is 3.55. The fourth-order valence-corrected chi connectivity index (χ4v) is 2.64. The maximum Gasteiger partial charge on any atom is 0.249 e. The molecule has 0 radical (unpaired) electrons. The highest BCUT2D eigenvalue weighted by Crippen LogP contribution is 2.25. The summed E-state index contributed by atoms with van der Waals surface area (Å²) in [6, 6.07) is 7.84. The van der Waals surface area contributed by atoms with Crippen LogP contribution in [-0.4, -0.2) is 42.0 Å². The van der Waals surface area contributed by atoms with Crippen LogP contribution < -0.4 is 10.1 Å². The van der Waals surface area contributed by atoms with Crippen LogP contribution in [0.3, 0.4) is 0 Å². The molecule has 0 aliphatic carbocycles. The van der Waals surface area contributed by atoms with E-state index in [1.54, 1.807) is 6.20 Å². The second-order valence-corrected chi connectivity index (χ2v) is 5.58. The first-order valence-electron chi connectivity index (χ1n) is 7.86. The summed E-state index contributed by atoms with van der Waals surface area (Å²) in [7, 11) is 0. The van der Waals surface area contributed by atoms with Gasteiger partial charge in [0.25, 0.3) is 0 Å². The van der Waals surface area contributed by atoms with Gasteiger partial charge in [-0.1, -0.05) is 12.1 Å². The quantitative estimate of drug-likeness (QED) is 0.800. The smallest absolute Gasteiger partial charge is 0.249 e. The number of hydrogen-bond donors (Lipinski definition) is 2. The lowest BCUT2D eigenvalue weighted by atomic mass is 10.1. The van der Waals surface area contributed by atoms with Gasteiger partial charge >= 0.3 is 0 Å². The molecule has 0 bridgehead atoms. The van der Waals surface area contributed by atoms with Gasteiger partial charge in [0, 0.05) is 17.9 Å². The number of aromatic nitrogens is 2. The Bertz CT molecular complexity index is 663. The number of aromatic amines is 1. The van der Waals surface area contributed by atoms with Crippen LogP contribution in [0.5, 0.6) is 5.75 Å². The molecule has 1 saturated heterocycles. The zero-order chi connectivity index (χ0) is 16.1. The van der Waals surface area contributed by atoms with Gasteiger partial charge in [0.2, 0.25) is 5.91 Å². The van der Waals surface area contributed by atoms with Crippen LogP contribution >= 0.6 is 0 Å². The van der Waals surface area contributed by atoms with Crippen molar-refractivity contribution in [3.8, 4) is 16.9 Å². The predicted molar refractivity (Wildman–Crippen MR) is 86.2 cm³/mol. The van der Waals surface area contributed by atoms with Crippen LogP contribution in [0.1, 0.15) is 18.5 Å². The van der Waals surface area contributed by atoms with E-state index in [1.807, 2.05) is 31.2 Å². The molecule has 1 fully saturated rings. The molecule has 6 nitrogen and oxygen atoms in total. The summed E-state index contributed by atoms with van der Waals surface area (Å²) in [5.41, 5.74) is 3.13. The van der Waals surface area contributed by atoms with Crippen molar-refractivity contribution in [1.82, 2.24) is 15.5 Å². The molecule has 1 aliphatic heterocycles. The molecule has 23 heavy (non-hydrogen) atoms. The van der Waals surface area contributed by atoms with Crippen molar-refractivity contribution < 1.29 is 14.3 Å². The SMILES string of the molecule is Cc1[nH]ncc1-c1cccc(OCCNC(=O)[C@H]2CCCO2)c1. The van der Waals surface area contributed by atoms with Gasteiger partial charge in [-0.25, -0.2) is 0 Å². The Morgan fingerprint density at radius 1 is 1.52 bits per heavy atom. The van der Waals surface area contributed by atoms with Crippen LogP contribution in [0.4, 0.5) is 0 Å². The fraction of sp³-hybridized carbons (Fsp3) is 0.412. The van der Waals surface area contributed by atoms with E-state index >= 15 is 0 Å². The van der Waals surface area contributed by atoms with Crippen LogP contribution in [0, 0.1) is 6.92 Å². The molecular formula is C17H21N3O3. The molecule has 1 aliphatic rings. The normalized spacial score (nSPS) is 17.2. The number of nitrogens with one attached hydrogen (secondary N) is 2. The first kappa shape index (κ1) is 15.6. The number of H-pyrrole nitrogens is 1. The van der Waals surface area contributed by atoms with Crippen molar-refractivity contribution in [3.63, 3.8) is 0 Å². The zero-order valence-corrected chi connectivity index (χ0v) is 13.2. The van der Waals surface area contributed by atoms with Crippen molar-refractivity contribution >= 4 is 5.91 Å². The molecule has 1 aromatic heterocycles. The largest absolute Gasteiger partial charge is 0.492 e. The standard InChI is InChI=1S/C17H21N3O3/c1-12-15(11-19-20-12)13-4-2-5-14(10-13)22-9-7-18-17(21)16-6-3-8-23-16/h2,4-5,10-11,16H,3,6-9H2,1H3,(H,18,21)(H,19,20)/t16-/m1/s1. The van der Waals surface area contributed by atoms with Crippen molar-refractivity contribution in [2.45, 2.75) is 25.9 Å². The van der Waals surface area contributed by atoms with Crippen molar-refractivity contribution in [1.29, 1.82) is 0 Å². The molecule has 2 heterocycles. The Morgan fingerprint density at radius 3 is 3.17 bits per heavy atom. The van der Waals surface area contributed by atoms with E-state index in [-0.39, 0.29) is 12.0 Å². The van der Waals surface area contributed by atoms with Gasteiger partial charge in [0.05, 0.1) is 12.7 Å². The minimum absolute atomic E-state index is 0.0473. The molecule has 1 atom stereocenters. The molecule has 3 rings (SSSR count). The number of ether oxygens (including phenoxy) is 2. The van der Waals surface area contributed by atoms with Gasteiger partial charge in [-0.05, 0) is 37.5 Å². The van der Waals surface area contributed by atoms with Gasteiger partial charge in [-0.2, -0.15) is 5.10 Å². The maximum atomic E-state index is 11.8. The Kier molecular flexibility index (Phi) is 4.92. The van der Waals surface area contributed by atoms with E-state index in [2.05, 4.69) is 15.5 Å². The lowest BCUT2D eigenvalue weighted by molar-refractivity contribution is -0.130. The van der Waals surface area contributed by atoms with Crippen LogP contribution in [0.25, 0.3) is 11.1 Å². The third-order valence-electron chi connectivity index (χ3n) is 3.87. The monoisotopic (exact) mass is 315 g/mol. The Labute approximate surface area is 135 Å². The number of carbonyl (C=O) groups excluding carboxylic acids is 1.